The summed E-state index contributed by atoms with van der Waals surface area (Å²) in [6, 6.07) is 7.59. The lowest BCUT2D eigenvalue weighted by Crippen LogP contribution is -2.51. The number of ether oxygens (including phenoxy) is 1. The molecule has 2 heterocycles. The van der Waals surface area contributed by atoms with E-state index in [1.807, 2.05) is 6.07 Å². The van der Waals surface area contributed by atoms with Crippen LogP contribution in [0, 0.1) is 0 Å². The second-order valence-electron chi connectivity index (χ2n) is 7.62. The van der Waals surface area contributed by atoms with Crippen molar-refractivity contribution in [3.05, 3.63) is 18.2 Å². The van der Waals surface area contributed by atoms with Crippen LogP contribution in [-0.2, 0) is 0 Å². The van der Waals surface area contributed by atoms with E-state index in [1.54, 1.807) is 7.11 Å². The zero-order chi connectivity index (χ0) is 17.8. The van der Waals surface area contributed by atoms with Crippen molar-refractivity contribution in [2.45, 2.75) is 45.2 Å². The summed E-state index contributed by atoms with van der Waals surface area (Å²) in [5.74, 6) is 0.771. The van der Waals surface area contributed by atoms with E-state index in [1.165, 1.54) is 38.0 Å². The first-order valence-corrected chi connectivity index (χ1v) is 9.75. The third-order valence-electron chi connectivity index (χ3n) is 6.01. The first-order valence-electron chi connectivity index (χ1n) is 9.75. The number of likely N-dealkylation sites (tertiary alicyclic amines) is 1. The summed E-state index contributed by atoms with van der Waals surface area (Å²) in [6.45, 7) is 11.6. The minimum Gasteiger partial charge on any atom is -0.495 e. The molecule has 0 aromatic heterocycles. The highest BCUT2D eigenvalue weighted by molar-refractivity contribution is 5.62. The van der Waals surface area contributed by atoms with Crippen LogP contribution in [0.1, 0.15) is 33.1 Å². The molecule has 3 rings (SSSR count). The molecule has 1 aromatic rings. The van der Waals surface area contributed by atoms with Crippen molar-refractivity contribution in [2.75, 3.05) is 57.0 Å². The van der Waals surface area contributed by atoms with E-state index >= 15 is 0 Å². The van der Waals surface area contributed by atoms with Crippen LogP contribution < -0.4 is 15.4 Å². The van der Waals surface area contributed by atoms with Gasteiger partial charge in [-0.3, -0.25) is 9.80 Å². The molecule has 25 heavy (non-hydrogen) atoms. The zero-order valence-corrected chi connectivity index (χ0v) is 16.1. The number of nitrogens with two attached hydrogens (primary N) is 1. The number of nitrogens with zero attached hydrogens (tertiary/aromatic N) is 3. The molecule has 0 spiro atoms. The third-order valence-corrected chi connectivity index (χ3v) is 6.01. The van der Waals surface area contributed by atoms with Gasteiger partial charge in [-0.15, -0.1) is 0 Å². The molecule has 2 atom stereocenters. The Kier molecular flexibility index (Phi) is 6.07. The summed E-state index contributed by atoms with van der Waals surface area (Å²) < 4.78 is 5.36. The monoisotopic (exact) mass is 346 g/mol. The quantitative estimate of drug-likeness (QED) is 0.831. The van der Waals surface area contributed by atoms with Crippen LogP contribution in [0.5, 0.6) is 5.75 Å². The van der Waals surface area contributed by atoms with Gasteiger partial charge < -0.3 is 15.4 Å². The Bertz CT molecular complexity index is 547. The highest BCUT2D eigenvalue weighted by atomic mass is 16.5. The summed E-state index contributed by atoms with van der Waals surface area (Å²) in [5, 5.41) is 0. The highest BCUT2D eigenvalue weighted by Crippen LogP contribution is 2.28. The lowest BCUT2D eigenvalue weighted by atomic mass is 9.97. The van der Waals surface area contributed by atoms with Gasteiger partial charge >= 0.3 is 0 Å². The Morgan fingerprint density at radius 2 is 1.72 bits per heavy atom. The van der Waals surface area contributed by atoms with Crippen LogP contribution >= 0.6 is 0 Å². The number of rotatable bonds is 5. The van der Waals surface area contributed by atoms with E-state index in [0.717, 1.165) is 44.0 Å². The fourth-order valence-electron chi connectivity index (χ4n) is 4.30. The molecule has 5 nitrogen and oxygen atoms in total. The van der Waals surface area contributed by atoms with E-state index in [2.05, 4.69) is 40.7 Å². The predicted molar refractivity (Wildman–Crippen MR) is 106 cm³/mol. The summed E-state index contributed by atoms with van der Waals surface area (Å²) in [6.07, 6.45) is 4.11. The molecule has 0 bridgehead atoms. The molecule has 2 aliphatic rings. The fraction of sp³-hybridized carbons (Fsp3) is 0.700. The van der Waals surface area contributed by atoms with E-state index in [-0.39, 0.29) is 0 Å². The largest absolute Gasteiger partial charge is 0.495 e. The first-order chi connectivity index (χ1) is 12.1. The van der Waals surface area contributed by atoms with Gasteiger partial charge in [0.15, 0.2) is 0 Å². The van der Waals surface area contributed by atoms with E-state index < -0.39 is 0 Å². The molecule has 0 unspecified atom stereocenters. The van der Waals surface area contributed by atoms with Crippen molar-refractivity contribution in [1.29, 1.82) is 0 Å². The maximum atomic E-state index is 5.93. The van der Waals surface area contributed by atoms with Gasteiger partial charge in [-0.05, 0) is 38.8 Å². The second kappa shape index (κ2) is 8.28. The SMILES string of the molecule is COc1cc(N2CCN(CCN3[C@H](C)CCC[C@@H]3C)CC2)ccc1N. The maximum absolute atomic E-state index is 5.93. The molecule has 2 N–H and O–H groups in total. The van der Waals surface area contributed by atoms with Crippen LogP contribution in [0.25, 0.3) is 0 Å². The number of benzene rings is 1. The van der Waals surface area contributed by atoms with Crippen molar-refractivity contribution >= 4 is 11.4 Å². The summed E-state index contributed by atoms with van der Waals surface area (Å²) in [5.41, 5.74) is 7.84. The van der Waals surface area contributed by atoms with Gasteiger partial charge in [0, 0.05) is 63.1 Å². The normalized spacial score (nSPS) is 26.0. The van der Waals surface area contributed by atoms with Crippen LogP contribution in [0.4, 0.5) is 11.4 Å². The van der Waals surface area contributed by atoms with Crippen LogP contribution in [0.3, 0.4) is 0 Å². The summed E-state index contributed by atoms with van der Waals surface area (Å²) in [7, 11) is 1.68. The van der Waals surface area contributed by atoms with Gasteiger partial charge in [0.1, 0.15) is 5.75 Å². The Balaban J connectivity index is 1.48. The third kappa shape index (κ3) is 4.39. The molecule has 5 heteroatoms. The first kappa shape index (κ1) is 18.3. The smallest absolute Gasteiger partial charge is 0.143 e. The average molecular weight is 347 g/mol. The summed E-state index contributed by atoms with van der Waals surface area (Å²) >= 11 is 0. The van der Waals surface area contributed by atoms with Crippen molar-refractivity contribution in [2.24, 2.45) is 0 Å². The molecule has 0 radical (unpaired) electrons. The fourth-order valence-corrected chi connectivity index (χ4v) is 4.30. The Hall–Kier alpha value is -1.46. The van der Waals surface area contributed by atoms with Gasteiger partial charge in [-0.1, -0.05) is 6.42 Å². The number of hydrogen-bond donors (Lipinski definition) is 1. The number of methoxy groups -OCH3 is 1. The van der Waals surface area contributed by atoms with Gasteiger partial charge in [0.25, 0.3) is 0 Å². The molecule has 1 aromatic carbocycles. The number of nitrogen functional groups attached to an aromatic ring is 1. The van der Waals surface area contributed by atoms with Crippen LogP contribution in [-0.4, -0.2) is 68.3 Å². The van der Waals surface area contributed by atoms with E-state index in [9.17, 15) is 0 Å². The van der Waals surface area contributed by atoms with Gasteiger partial charge in [0.2, 0.25) is 0 Å². The molecule has 2 aliphatic heterocycles. The predicted octanol–water partition coefficient (Wildman–Crippen LogP) is 2.66. The average Bonchev–Trinajstić information content (AvgIpc) is 2.62. The van der Waals surface area contributed by atoms with Crippen molar-refractivity contribution in [1.82, 2.24) is 9.80 Å². The number of anilines is 2. The molecule has 140 valence electrons. The summed E-state index contributed by atoms with van der Waals surface area (Å²) in [4.78, 5) is 7.75. The van der Waals surface area contributed by atoms with Crippen LogP contribution in [0.2, 0.25) is 0 Å². The minimum atomic E-state index is 0.703. The Labute approximate surface area is 152 Å². The Morgan fingerprint density at radius 1 is 1.04 bits per heavy atom. The maximum Gasteiger partial charge on any atom is 0.143 e. The molecule has 0 saturated carbocycles. The van der Waals surface area contributed by atoms with E-state index in [0.29, 0.717) is 5.69 Å². The number of piperidine rings is 1. The molecule has 2 saturated heterocycles. The number of piperazine rings is 1. The molecular formula is C20H34N4O. The topological polar surface area (TPSA) is 45.0 Å². The van der Waals surface area contributed by atoms with Crippen molar-refractivity contribution in [3.63, 3.8) is 0 Å². The van der Waals surface area contributed by atoms with Gasteiger partial charge in [0.05, 0.1) is 12.8 Å². The van der Waals surface area contributed by atoms with Crippen molar-refractivity contribution in [3.8, 4) is 5.75 Å². The highest BCUT2D eigenvalue weighted by Gasteiger charge is 2.25. The van der Waals surface area contributed by atoms with E-state index in [4.69, 9.17) is 10.5 Å². The Morgan fingerprint density at radius 3 is 2.36 bits per heavy atom. The van der Waals surface area contributed by atoms with Crippen LogP contribution in [0.15, 0.2) is 18.2 Å². The minimum absolute atomic E-state index is 0.703. The molecule has 0 amide bonds. The lowest BCUT2D eigenvalue weighted by molar-refractivity contribution is 0.0864. The number of hydrogen-bond acceptors (Lipinski definition) is 5. The van der Waals surface area contributed by atoms with Gasteiger partial charge in [-0.25, -0.2) is 0 Å². The molecule has 2 fully saturated rings. The van der Waals surface area contributed by atoms with Gasteiger partial charge in [-0.2, -0.15) is 0 Å². The standard InChI is InChI=1S/C20H34N4O/c1-16-5-4-6-17(2)24(16)14-11-22-9-12-23(13-10-22)18-7-8-19(21)20(15-18)25-3/h7-8,15-17H,4-6,9-14,21H2,1-3H3/t16-,17+. The second-order valence-corrected chi connectivity index (χ2v) is 7.62. The molecular weight excluding hydrogens is 312 g/mol. The lowest BCUT2D eigenvalue weighted by Gasteiger charge is -2.41. The molecule has 0 aliphatic carbocycles. The zero-order valence-electron chi connectivity index (χ0n) is 16.1. The van der Waals surface area contributed by atoms with Crippen molar-refractivity contribution < 1.29 is 4.74 Å².